The quantitative estimate of drug-likeness (QED) is 0.373. The lowest BCUT2D eigenvalue weighted by Crippen LogP contribution is -2.62. The zero-order chi connectivity index (χ0) is 25.9. The molecule has 1 saturated carbocycles. The van der Waals surface area contributed by atoms with Crippen LogP contribution in [0.5, 0.6) is 0 Å². The molecule has 0 aromatic rings. The summed E-state index contributed by atoms with van der Waals surface area (Å²) >= 11 is 0. The van der Waals surface area contributed by atoms with Gasteiger partial charge in [0, 0.05) is 40.3 Å². The summed E-state index contributed by atoms with van der Waals surface area (Å²) in [4.78, 5) is 30.8. The van der Waals surface area contributed by atoms with Crippen molar-refractivity contribution in [2.24, 2.45) is 11.3 Å². The number of rotatable bonds is 8. The zero-order valence-electron chi connectivity index (χ0n) is 23.0. The van der Waals surface area contributed by atoms with Crippen LogP contribution in [0, 0.1) is 11.3 Å². The number of hydrogen-bond donors (Lipinski definition) is 0. The Balaban J connectivity index is 0.959. The van der Waals surface area contributed by atoms with Gasteiger partial charge in [0.25, 0.3) is 0 Å². The lowest BCUT2D eigenvalue weighted by molar-refractivity contribution is -0.149. The minimum atomic E-state index is -0.236. The van der Waals surface area contributed by atoms with Crippen LogP contribution in [0.1, 0.15) is 66.2 Å². The van der Waals surface area contributed by atoms with Crippen LogP contribution in [0.4, 0.5) is 4.79 Å². The second-order valence-electron chi connectivity index (χ2n) is 13.0. The van der Waals surface area contributed by atoms with E-state index in [2.05, 4.69) is 38.7 Å². The molecule has 1 unspecified atom stereocenters. The molecule has 1 aliphatic carbocycles. The standard InChI is InChI=1S/C28H45N3O5/c1-19(2)7-8-22-27(4,35-22)23-28(36-23)12-9-21(10-13-28)34-25(33)31-15-20(16-31)11-14-30-17-26(3,18-30)24(32)29(5)6/h7,20-23H,8-18H2,1-6H3/t21?,22-,23?,27-,28?/m1/s1. The first-order valence-corrected chi connectivity index (χ1v) is 13.8. The predicted molar refractivity (Wildman–Crippen MR) is 137 cm³/mol. The maximum absolute atomic E-state index is 12.6. The molecular formula is C28H45N3O5. The van der Waals surface area contributed by atoms with Crippen molar-refractivity contribution in [3.05, 3.63) is 11.6 Å². The lowest BCUT2D eigenvalue weighted by Gasteiger charge is -2.49. The van der Waals surface area contributed by atoms with Crippen molar-refractivity contribution >= 4 is 12.0 Å². The highest BCUT2D eigenvalue weighted by molar-refractivity contribution is 5.83. The monoisotopic (exact) mass is 503 g/mol. The van der Waals surface area contributed by atoms with Crippen LogP contribution < -0.4 is 0 Å². The summed E-state index contributed by atoms with van der Waals surface area (Å²) in [7, 11) is 3.65. The van der Waals surface area contributed by atoms with Gasteiger partial charge in [-0.2, -0.15) is 0 Å². The van der Waals surface area contributed by atoms with Gasteiger partial charge in [0.1, 0.15) is 17.8 Å². The number of carbonyl (C=O) groups is 2. The van der Waals surface area contributed by atoms with Crippen molar-refractivity contribution in [2.75, 3.05) is 46.8 Å². The molecule has 8 nitrogen and oxygen atoms in total. The maximum Gasteiger partial charge on any atom is 0.410 e. The van der Waals surface area contributed by atoms with Crippen molar-refractivity contribution in [1.29, 1.82) is 0 Å². The van der Waals surface area contributed by atoms with Gasteiger partial charge in [-0.15, -0.1) is 0 Å². The Hall–Kier alpha value is -1.64. The topological polar surface area (TPSA) is 78.1 Å². The predicted octanol–water partition coefficient (Wildman–Crippen LogP) is 3.45. The van der Waals surface area contributed by atoms with E-state index in [1.54, 1.807) is 4.90 Å². The van der Waals surface area contributed by atoms with Gasteiger partial charge in [0.2, 0.25) is 5.91 Å². The Bertz CT molecular complexity index is 895. The molecular weight excluding hydrogens is 458 g/mol. The third kappa shape index (κ3) is 4.93. The number of nitrogens with zero attached hydrogens (tertiary/aromatic N) is 3. The number of carbonyl (C=O) groups excluding carboxylic acids is 2. The number of likely N-dealkylation sites (tertiary alicyclic amines) is 2. The van der Waals surface area contributed by atoms with Crippen LogP contribution >= 0.6 is 0 Å². The van der Waals surface area contributed by atoms with E-state index in [1.807, 2.05) is 19.0 Å². The second-order valence-corrected chi connectivity index (χ2v) is 13.0. The molecule has 0 radical (unpaired) electrons. The van der Waals surface area contributed by atoms with Gasteiger partial charge in [-0.25, -0.2) is 4.79 Å². The van der Waals surface area contributed by atoms with Gasteiger partial charge < -0.3 is 28.9 Å². The molecule has 36 heavy (non-hydrogen) atoms. The summed E-state index contributed by atoms with van der Waals surface area (Å²) in [5.74, 6) is 0.746. The molecule has 4 heterocycles. The zero-order valence-corrected chi connectivity index (χ0v) is 23.0. The third-order valence-electron chi connectivity index (χ3n) is 9.20. The number of amides is 2. The number of ether oxygens (including phenoxy) is 3. The van der Waals surface area contributed by atoms with Gasteiger partial charge >= 0.3 is 6.09 Å². The summed E-state index contributed by atoms with van der Waals surface area (Å²) < 4.78 is 18.1. The molecule has 0 aromatic heterocycles. The third-order valence-corrected chi connectivity index (χ3v) is 9.20. The summed E-state index contributed by atoms with van der Waals surface area (Å²) in [5.41, 5.74) is 0.869. The number of allylic oxidation sites excluding steroid dienone is 1. The van der Waals surface area contributed by atoms with E-state index < -0.39 is 0 Å². The molecule has 1 spiro atoms. The highest BCUT2D eigenvalue weighted by atomic mass is 16.7. The van der Waals surface area contributed by atoms with Crippen molar-refractivity contribution in [2.45, 2.75) is 95.7 Å². The molecule has 3 atom stereocenters. The molecule has 0 bridgehead atoms. The molecule has 202 valence electrons. The lowest BCUT2D eigenvalue weighted by atomic mass is 9.80. The Kier molecular flexibility index (Phi) is 6.70. The second kappa shape index (κ2) is 9.28. The highest BCUT2D eigenvalue weighted by Gasteiger charge is 2.73. The van der Waals surface area contributed by atoms with Crippen molar-refractivity contribution in [3.63, 3.8) is 0 Å². The minimum absolute atomic E-state index is 0.00516. The van der Waals surface area contributed by atoms with E-state index in [-0.39, 0.29) is 46.9 Å². The maximum atomic E-state index is 12.6. The fourth-order valence-electron chi connectivity index (χ4n) is 6.80. The van der Waals surface area contributed by atoms with E-state index in [0.717, 1.165) is 71.2 Å². The Morgan fingerprint density at radius 3 is 2.36 bits per heavy atom. The average Bonchev–Trinajstić information content (AvgIpc) is 3.66. The summed E-state index contributed by atoms with van der Waals surface area (Å²) in [6, 6.07) is 0. The normalized spacial score (nSPS) is 37.1. The van der Waals surface area contributed by atoms with Gasteiger partial charge in [-0.3, -0.25) is 4.79 Å². The van der Waals surface area contributed by atoms with Crippen molar-refractivity contribution in [3.8, 4) is 0 Å². The van der Waals surface area contributed by atoms with E-state index in [1.165, 1.54) is 5.57 Å². The first-order valence-electron chi connectivity index (χ1n) is 13.8. The molecule has 4 aliphatic heterocycles. The summed E-state index contributed by atoms with van der Waals surface area (Å²) in [6.45, 7) is 12.7. The Labute approximate surface area is 216 Å². The average molecular weight is 504 g/mol. The number of epoxide rings is 2. The van der Waals surface area contributed by atoms with Crippen LogP contribution in [0.25, 0.3) is 0 Å². The largest absolute Gasteiger partial charge is 0.446 e. The molecule has 8 heteroatoms. The molecule has 2 amide bonds. The molecule has 5 fully saturated rings. The van der Waals surface area contributed by atoms with E-state index in [9.17, 15) is 9.59 Å². The van der Waals surface area contributed by atoms with E-state index in [0.29, 0.717) is 5.92 Å². The SMILES string of the molecule is CC(C)=CC[C@H]1O[C@@]1(C)C1OC12CCC(OC(=O)N1CC(CCN3CC(C)(C(=O)N(C)C)C3)C1)CC2. The minimum Gasteiger partial charge on any atom is -0.446 e. The van der Waals surface area contributed by atoms with E-state index >= 15 is 0 Å². The van der Waals surface area contributed by atoms with Crippen molar-refractivity contribution < 1.29 is 23.8 Å². The summed E-state index contributed by atoms with van der Waals surface area (Å²) in [5, 5.41) is 0. The van der Waals surface area contributed by atoms with Gasteiger partial charge in [0.15, 0.2) is 0 Å². The van der Waals surface area contributed by atoms with Gasteiger partial charge in [0.05, 0.1) is 17.1 Å². The summed E-state index contributed by atoms with van der Waals surface area (Å²) in [6.07, 6.45) is 8.17. The molecule has 4 saturated heterocycles. The first kappa shape index (κ1) is 26.0. The smallest absolute Gasteiger partial charge is 0.410 e. The van der Waals surface area contributed by atoms with Crippen LogP contribution in [0.3, 0.4) is 0 Å². The van der Waals surface area contributed by atoms with Crippen LogP contribution in [0.2, 0.25) is 0 Å². The molecule has 0 aromatic carbocycles. The Morgan fingerprint density at radius 2 is 1.75 bits per heavy atom. The van der Waals surface area contributed by atoms with E-state index in [4.69, 9.17) is 14.2 Å². The van der Waals surface area contributed by atoms with Gasteiger partial charge in [-0.1, -0.05) is 11.6 Å². The fourth-order valence-corrected chi connectivity index (χ4v) is 6.80. The molecule has 5 rings (SSSR count). The number of hydrogen-bond acceptors (Lipinski definition) is 6. The first-order chi connectivity index (χ1) is 16.9. The van der Waals surface area contributed by atoms with Crippen LogP contribution in [0.15, 0.2) is 11.6 Å². The van der Waals surface area contributed by atoms with Crippen molar-refractivity contribution in [1.82, 2.24) is 14.7 Å². The molecule has 0 N–H and O–H groups in total. The van der Waals surface area contributed by atoms with Gasteiger partial charge in [-0.05, 0) is 78.7 Å². The highest BCUT2D eigenvalue weighted by Crippen LogP contribution is 2.60. The molecule has 5 aliphatic rings. The fraction of sp³-hybridized carbons (Fsp3) is 0.857. The van der Waals surface area contributed by atoms with Crippen LogP contribution in [-0.2, 0) is 19.0 Å². The Morgan fingerprint density at radius 1 is 1.08 bits per heavy atom. The van der Waals surface area contributed by atoms with Crippen LogP contribution in [-0.4, -0.2) is 103 Å².